The lowest BCUT2D eigenvalue weighted by atomic mass is 9.80. The summed E-state index contributed by atoms with van der Waals surface area (Å²) in [5.74, 6) is 0.377. The second kappa shape index (κ2) is 4.97. The highest BCUT2D eigenvalue weighted by Crippen LogP contribution is 2.43. The van der Waals surface area contributed by atoms with Crippen LogP contribution >= 0.6 is 11.5 Å². The third-order valence-corrected chi connectivity index (χ3v) is 5.34. The van der Waals surface area contributed by atoms with Crippen molar-refractivity contribution in [1.82, 2.24) is 9.27 Å². The fourth-order valence-corrected chi connectivity index (χ4v) is 3.99. The van der Waals surface area contributed by atoms with Gasteiger partial charge < -0.3 is 9.64 Å². The lowest BCUT2D eigenvalue weighted by molar-refractivity contribution is 0.127. The minimum Gasteiger partial charge on any atom is -0.379 e. The second-order valence-corrected chi connectivity index (χ2v) is 7.12. The molecule has 1 N–H and O–H groups in total. The highest BCUT2D eigenvalue weighted by Gasteiger charge is 2.51. The summed E-state index contributed by atoms with van der Waals surface area (Å²) in [6, 6.07) is 2.05. The Hall–Kier alpha value is -1.65. The van der Waals surface area contributed by atoms with Crippen LogP contribution in [0.4, 0.5) is 9.80 Å². The molecule has 2 amide bonds. The van der Waals surface area contributed by atoms with E-state index < -0.39 is 0 Å². The zero-order chi connectivity index (χ0) is 15.2. The maximum Gasteiger partial charge on any atom is 0.322 e. The van der Waals surface area contributed by atoms with Crippen LogP contribution in [0.2, 0.25) is 0 Å². The Morgan fingerprint density at radius 3 is 3.05 bits per heavy atom. The van der Waals surface area contributed by atoms with E-state index >= 15 is 0 Å². The lowest BCUT2D eigenvalue weighted by Crippen LogP contribution is -2.41. The van der Waals surface area contributed by atoms with E-state index in [1.165, 1.54) is 0 Å². The van der Waals surface area contributed by atoms with Crippen molar-refractivity contribution < 1.29 is 9.53 Å². The van der Waals surface area contributed by atoms with Gasteiger partial charge in [0.25, 0.3) is 0 Å². The summed E-state index contributed by atoms with van der Waals surface area (Å²) >= 11 is 1.15. The zero-order valence-electron chi connectivity index (χ0n) is 12.3. The Morgan fingerprint density at radius 2 is 2.33 bits per heavy atom. The van der Waals surface area contributed by atoms with E-state index in [9.17, 15) is 4.79 Å². The average Bonchev–Trinajstić information content (AvgIpc) is 3.08. The molecule has 1 aromatic heterocycles. The van der Waals surface area contributed by atoms with Crippen molar-refractivity contribution in [2.24, 2.45) is 11.3 Å². The van der Waals surface area contributed by atoms with Crippen LogP contribution in [0.15, 0.2) is 0 Å². The van der Waals surface area contributed by atoms with E-state index in [-0.39, 0.29) is 17.5 Å². The molecule has 0 saturated carbocycles. The summed E-state index contributed by atoms with van der Waals surface area (Å²) in [6.45, 7) is 8.12. The molecule has 21 heavy (non-hydrogen) atoms. The van der Waals surface area contributed by atoms with E-state index in [1.54, 1.807) is 6.92 Å². The van der Waals surface area contributed by atoms with Crippen molar-refractivity contribution in [1.29, 1.82) is 5.26 Å². The van der Waals surface area contributed by atoms with Crippen LogP contribution in [-0.4, -0.2) is 41.1 Å². The number of aromatic nitrogens is 1. The Bertz CT molecular complexity index is 619. The molecular weight excluding hydrogens is 288 g/mol. The third kappa shape index (κ3) is 2.28. The number of nitrogens with one attached hydrogen (secondary N) is 1. The molecule has 0 aromatic carbocycles. The van der Waals surface area contributed by atoms with E-state index in [4.69, 9.17) is 10.00 Å². The third-order valence-electron chi connectivity index (χ3n) is 4.49. The number of hydrogen-bond acceptors (Lipinski definition) is 5. The molecule has 0 unspecified atom stereocenters. The Morgan fingerprint density at radius 1 is 1.57 bits per heavy atom. The summed E-state index contributed by atoms with van der Waals surface area (Å²) in [7, 11) is 0. The van der Waals surface area contributed by atoms with Gasteiger partial charge in [0.1, 0.15) is 16.6 Å². The number of anilines is 1. The number of rotatable bonds is 1. The highest BCUT2D eigenvalue weighted by atomic mass is 32.1. The van der Waals surface area contributed by atoms with Crippen LogP contribution in [0.5, 0.6) is 0 Å². The molecule has 1 aromatic rings. The summed E-state index contributed by atoms with van der Waals surface area (Å²) in [5, 5.41) is 12.5. The molecule has 2 atom stereocenters. The molecule has 3 rings (SSSR count). The van der Waals surface area contributed by atoms with Gasteiger partial charge in [-0.15, -0.1) is 0 Å². The number of likely N-dealkylation sites (tertiary alicyclic amines) is 1. The molecule has 6 nitrogen and oxygen atoms in total. The first-order valence-electron chi connectivity index (χ1n) is 6.96. The molecular formula is C14H18N4O2S. The van der Waals surface area contributed by atoms with Crippen LogP contribution < -0.4 is 5.32 Å². The van der Waals surface area contributed by atoms with Crippen molar-refractivity contribution in [3.63, 3.8) is 0 Å². The fourth-order valence-electron chi connectivity index (χ4n) is 3.25. The first-order chi connectivity index (χ1) is 9.94. The number of nitriles is 1. The normalized spacial score (nSPS) is 26.5. The van der Waals surface area contributed by atoms with Crippen molar-refractivity contribution in [2.45, 2.75) is 26.8 Å². The lowest BCUT2D eigenvalue weighted by Gasteiger charge is -2.24. The predicted molar refractivity (Wildman–Crippen MR) is 79.2 cm³/mol. The summed E-state index contributed by atoms with van der Waals surface area (Å²) in [6.07, 6.45) is 0. The van der Waals surface area contributed by atoms with Gasteiger partial charge in [0.15, 0.2) is 0 Å². The van der Waals surface area contributed by atoms with Crippen LogP contribution in [0.3, 0.4) is 0 Å². The Labute approximate surface area is 127 Å². The standard InChI is InChI=1S/C14H18N4O2S/c1-8-9(4-15)12(21-17-8)16-13(19)18-7-14(2,3)10-5-20-6-11(10)18/h10-11H,5-7H2,1-3H3,(H,16,19)/t10-,11+/m1/s1. The first-order valence-corrected chi connectivity index (χ1v) is 7.73. The largest absolute Gasteiger partial charge is 0.379 e. The van der Waals surface area contributed by atoms with Gasteiger partial charge in [0, 0.05) is 12.5 Å². The smallest absolute Gasteiger partial charge is 0.322 e. The molecule has 0 aliphatic carbocycles. The van der Waals surface area contributed by atoms with Gasteiger partial charge in [0.2, 0.25) is 0 Å². The van der Waals surface area contributed by atoms with Crippen LogP contribution in [0, 0.1) is 29.6 Å². The minimum absolute atomic E-state index is 0.0557. The SMILES string of the molecule is Cc1nsc(NC(=O)N2CC(C)(C)[C@@H]3COC[C@@H]32)c1C#N. The maximum atomic E-state index is 12.6. The van der Waals surface area contributed by atoms with Gasteiger partial charge in [0.05, 0.1) is 24.9 Å². The molecule has 2 saturated heterocycles. The number of ether oxygens (including phenoxy) is 1. The van der Waals surface area contributed by atoms with Crippen LogP contribution in [0.1, 0.15) is 25.1 Å². The van der Waals surface area contributed by atoms with E-state index in [0.29, 0.717) is 41.9 Å². The van der Waals surface area contributed by atoms with E-state index in [2.05, 4.69) is 29.6 Å². The number of fused-ring (bicyclic) bond motifs is 1. The highest BCUT2D eigenvalue weighted by molar-refractivity contribution is 7.10. The fraction of sp³-hybridized carbons (Fsp3) is 0.643. The molecule has 0 spiro atoms. The Balaban J connectivity index is 1.79. The van der Waals surface area contributed by atoms with Crippen LogP contribution in [-0.2, 0) is 4.74 Å². The van der Waals surface area contributed by atoms with Crippen molar-refractivity contribution in [3.8, 4) is 6.07 Å². The first kappa shape index (κ1) is 14.3. The number of nitrogens with zero attached hydrogens (tertiary/aromatic N) is 3. The number of carbonyl (C=O) groups is 1. The van der Waals surface area contributed by atoms with Gasteiger partial charge in [-0.25, -0.2) is 4.79 Å². The van der Waals surface area contributed by atoms with Crippen LogP contribution in [0.25, 0.3) is 0 Å². The number of aryl methyl sites for hydroxylation is 1. The molecule has 2 fully saturated rings. The number of hydrogen-bond donors (Lipinski definition) is 1. The van der Waals surface area contributed by atoms with Gasteiger partial charge in [-0.1, -0.05) is 13.8 Å². The van der Waals surface area contributed by atoms with Crippen molar-refractivity contribution in [3.05, 3.63) is 11.3 Å². The molecule has 2 aliphatic rings. The summed E-state index contributed by atoms with van der Waals surface area (Å²) < 4.78 is 9.67. The minimum atomic E-state index is -0.166. The van der Waals surface area contributed by atoms with Gasteiger partial charge >= 0.3 is 6.03 Å². The number of amides is 2. The maximum absolute atomic E-state index is 12.6. The Kier molecular flexibility index (Phi) is 3.38. The molecule has 3 heterocycles. The molecule has 0 radical (unpaired) electrons. The summed E-state index contributed by atoms with van der Waals surface area (Å²) in [5.41, 5.74) is 1.16. The molecule has 112 valence electrons. The van der Waals surface area contributed by atoms with Gasteiger partial charge in [-0.05, 0) is 23.9 Å². The van der Waals surface area contributed by atoms with Crippen molar-refractivity contribution >= 4 is 22.6 Å². The molecule has 7 heteroatoms. The molecule has 0 bridgehead atoms. The van der Waals surface area contributed by atoms with Crippen molar-refractivity contribution in [2.75, 3.05) is 25.1 Å². The van der Waals surface area contributed by atoms with Gasteiger partial charge in [-0.3, -0.25) is 5.32 Å². The van der Waals surface area contributed by atoms with Gasteiger partial charge in [-0.2, -0.15) is 9.64 Å². The predicted octanol–water partition coefficient (Wildman–Crippen LogP) is 2.21. The monoisotopic (exact) mass is 306 g/mol. The van der Waals surface area contributed by atoms with E-state index in [1.807, 2.05) is 4.90 Å². The molecule has 2 aliphatic heterocycles. The number of carbonyl (C=O) groups excluding carboxylic acids is 1. The second-order valence-electron chi connectivity index (χ2n) is 6.34. The average molecular weight is 306 g/mol. The zero-order valence-corrected chi connectivity index (χ0v) is 13.2. The number of urea groups is 1. The summed E-state index contributed by atoms with van der Waals surface area (Å²) in [4.78, 5) is 14.4. The van der Waals surface area contributed by atoms with E-state index in [0.717, 1.165) is 11.5 Å². The topological polar surface area (TPSA) is 78.2 Å². The quantitative estimate of drug-likeness (QED) is 0.863.